The van der Waals surface area contributed by atoms with Gasteiger partial charge in [0, 0.05) is 51.1 Å². The first kappa shape index (κ1) is 19.0. The van der Waals surface area contributed by atoms with Crippen molar-refractivity contribution in [3.05, 3.63) is 28.2 Å². The molecule has 1 aliphatic heterocycles. The molecule has 0 unspecified atom stereocenters. The van der Waals surface area contributed by atoms with Crippen molar-refractivity contribution in [3.63, 3.8) is 0 Å². The Labute approximate surface area is 153 Å². The SMILES string of the molecule is CCN1CCN(C(=O)CCN(C(C)=O)c2cc(Cl)ccc2Cl)CC1. The molecule has 1 fully saturated rings. The monoisotopic (exact) mass is 371 g/mol. The summed E-state index contributed by atoms with van der Waals surface area (Å²) in [7, 11) is 0. The Morgan fingerprint density at radius 3 is 2.42 bits per heavy atom. The van der Waals surface area contributed by atoms with Crippen LogP contribution in [0.15, 0.2) is 18.2 Å². The molecule has 0 N–H and O–H groups in total. The number of carbonyl (C=O) groups is 2. The molecule has 0 saturated carbocycles. The van der Waals surface area contributed by atoms with E-state index in [4.69, 9.17) is 23.2 Å². The first-order valence-electron chi connectivity index (χ1n) is 8.15. The first-order chi connectivity index (χ1) is 11.4. The molecule has 5 nitrogen and oxygen atoms in total. The fraction of sp³-hybridized carbons (Fsp3) is 0.529. The highest BCUT2D eigenvalue weighted by Gasteiger charge is 2.22. The van der Waals surface area contributed by atoms with Crippen LogP contribution < -0.4 is 4.90 Å². The summed E-state index contributed by atoms with van der Waals surface area (Å²) in [6, 6.07) is 4.97. The highest BCUT2D eigenvalue weighted by Crippen LogP contribution is 2.29. The summed E-state index contributed by atoms with van der Waals surface area (Å²) in [6.07, 6.45) is 0.272. The molecule has 2 amide bonds. The summed E-state index contributed by atoms with van der Waals surface area (Å²) in [4.78, 5) is 30.1. The van der Waals surface area contributed by atoms with Crippen molar-refractivity contribution in [1.82, 2.24) is 9.80 Å². The number of carbonyl (C=O) groups excluding carboxylic acids is 2. The van der Waals surface area contributed by atoms with Gasteiger partial charge >= 0.3 is 0 Å². The van der Waals surface area contributed by atoms with Gasteiger partial charge in [0.05, 0.1) is 10.7 Å². The quantitative estimate of drug-likeness (QED) is 0.798. The molecule has 1 saturated heterocycles. The fourth-order valence-corrected chi connectivity index (χ4v) is 3.21. The molecule has 1 aromatic rings. The highest BCUT2D eigenvalue weighted by atomic mass is 35.5. The molecule has 0 aromatic heterocycles. The third-order valence-corrected chi connectivity index (χ3v) is 4.86. The average molecular weight is 372 g/mol. The van der Waals surface area contributed by atoms with Crippen LogP contribution in [0.5, 0.6) is 0 Å². The number of amides is 2. The second kappa shape index (κ2) is 8.70. The van der Waals surface area contributed by atoms with E-state index in [0.29, 0.717) is 22.3 Å². The minimum absolute atomic E-state index is 0.0650. The Bertz CT molecular complexity index is 601. The van der Waals surface area contributed by atoms with Crippen LogP contribution in [-0.4, -0.2) is 60.9 Å². The fourth-order valence-electron chi connectivity index (χ4n) is 2.82. The van der Waals surface area contributed by atoms with Crippen LogP contribution in [0.2, 0.25) is 10.0 Å². The lowest BCUT2D eigenvalue weighted by atomic mass is 10.2. The molecule has 24 heavy (non-hydrogen) atoms. The number of anilines is 1. The van der Waals surface area contributed by atoms with E-state index in [1.165, 1.54) is 11.8 Å². The summed E-state index contributed by atoms with van der Waals surface area (Å²) in [6.45, 7) is 8.17. The van der Waals surface area contributed by atoms with Gasteiger partial charge in [-0.15, -0.1) is 0 Å². The molecule has 7 heteroatoms. The van der Waals surface area contributed by atoms with E-state index in [2.05, 4.69) is 11.8 Å². The van der Waals surface area contributed by atoms with Gasteiger partial charge in [0.15, 0.2) is 0 Å². The number of halogens is 2. The molecule has 1 aliphatic rings. The maximum Gasteiger partial charge on any atom is 0.224 e. The Balaban J connectivity index is 1.98. The summed E-state index contributed by atoms with van der Waals surface area (Å²) in [5, 5.41) is 0.946. The summed E-state index contributed by atoms with van der Waals surface area (Å²) in [5.74, 6) is -0.0991. The Morgan fingerprint density at radius 2 is 1.83 bits per heavy atom. The highest BCUT2D eigenvalue weighted by molar-refractivity contribution is 6.35. The number of benzene rings is 1. The molecular formula is C17H23Cl2N3O2. The standard InChI is InChI=1S/C17H23Cl2N3O2/c1-3-20-8-10-21(11-9-20)17(24)6-7-22(13(2)23)16-12-14(18)4-5-15(16)19/h4-5,12H,3,6-11H2,1-2H3. The molecule has 0 bridgehead atoms. The van der Waals surface area contributed by atoms with E-state index in [0.717, 1.165) is 32.7 Å². The predicted molar refractivity (Wildman–Crippen MR) is 97.8 cm³/mol. The van der Waals surface area contributed by atoms with Crippen molar-refractivity contribution >= 4 is 40.7 Å². The second-order valence-electron chi connectivity index (χ2n) is 5.83. The number of nitrogens with zero attached hydrogens (tertiary/aromatic N) is 3. The van der Waals surface area contributed by atoms with E-state index in [1.807, 2.05) is 4.90 Å². The molecule has 132 valence electrons. The van der Waals surface area contributed by atoms with Gasteiger partial charge in [-0.1, -0.05) is 30.1 Å². The van der Waals surface area contributed by atoms with Crippen molar-refractivity contribution in [3.8, 4) is 0 Å². The molecule has 1 aromatic carbocycles. The van der Waals surface area contributed by atoms with Crippen LogP contribution in [0.3, 0.4) is 0 Å². The van der Waals surface area contributed by atoms with Crippen LogP contribution in [0.1, 0.15) is 20.3 Å². The summed E-state index contributed by atoms with van der Waals surface area (Å²) < 4.78 is 0. The lowest BCUT2D eigenvalue weighted by Gasteiger charge is -2.34. The van der Waals surface area contributed by atoms with Crippen LogP contribution in [0, 0.1) is 0 Å². The van der Waals surface area contributed by atoms with E-state index in [9.17, 15) is 9.59 Å². The van der Waals surface area contributed by atoms with E-state index >= 15 is 0 Å². The molecule has 1 heterocycles. The number of piperazine rings is 1. The molecule has 0 atom stereocenters. The molecule has 2 rings (SSSR count). The number of hydrogen-bond acceptors (Lipinski definition) is 3. The Morgan fingerprint density at radius 1 is 1.17 bits per heavy atom. The third-order valence-electron chi connectivity index (χ3n) is 4.30. The zero-order valence-corrected chi connectivity index (χ0v) is 15.6. The number of hydrogen-bond donors (Lipinski definition) is 0. The van der Waals surface area contributed by atoms with Gasteiger partial charge < -0.3 is 14.7 Å². The van der Waals surface area contributed by atoms with Gasteiger partial charge in [0.1, 0.15) is 0 Å². The number of likely N-dealkylation sites (N-methyl/N-ethyl adjacent to an activating group) is 1. The van der Waals surface area contributed by atoms with Crippen molar-refractivity contribution in [2.24, 2.45) is 0 Å². The van der Waals surface area contributed by atoms with E-state index in [1.54, 1.807) is 18.2 Å². The zero-order chi connectivity index (χ0) is 17.7. The van der Waals surface area contributed by atoms with Crippen molar-refractivity contribution in [2.75, 3.05) is 44.2 Å². The normalized spacial score (nSPS) is 15.4. The number of rotatable bonds is 5. The van der Waals surface area contributed by atoms with Gasteiger partial charge in [0.2, 0.25) is 11.8 Å². The van der Waals surface area contributed by atoms with Gasteiger partial charge in [-0.2, -0.15) is 0 Å². The first-order valence-corrected chi connectivity index (χ1v) is 8.91. The minimum atomic E-state index is -0.164. The van der Waals surface area contributed by atoms with Crippen molar-refractivity contribution in [1.29, 1.82) is 0 Å². The van der Waals surface area contributed by atoms with Gasteiger partial charge in [-0.05, 0) is 24.7 Å². The molecule has 0 aliphatic carbocycles. The molecular weight excluding hydrogens is 349 g/mol. The van der Waals surface area contributed by atoms with Gasteiger partial charge in [-0.25, -0.2) is 0 Å². The Hall–Kier alpha value is -1.30. The topological polar surface area (TPSA) is 43.9 Å². The van der Waals surface area contributed by atoms with Crippen LogP contribution >= 0.6 is 23.2 Å². The summed E-state index contributed by atoms with van der Waals surface area (Å²) in [5.41, 5.74) is 0.542. The maximum atomic E-state index is 12.4. The van der Waals surface area contributed by atoms with Crippen LogP contribution in [0.25, 0.3) is 0 Å². The zero-order valence-electron chi connectivity index (χ0n) is 14.1. The molecule has 0 spiro atoms. The van der Waals surface area contributed by atoms with Gasteiger partial charge in [-0.3, -0.25) is 9.59 Å². The second-order valence-corrected chi connectivity index (χ2v) is 6.68. The van der Waals surface area contributed by atoms with E-state index < -0.39 is 0 Å². The lowest BCUT2D eigenvalue weighted by molar-refractivity contribution is -0.132. The Kier molecular flexibility index (Phi) is 6.90. The van der Waals surface area contributed by atoms with Gasteiger partial charge in [0.25, 0.3) is 0 Å². The largest absolute Gasteiger partial charge is 0.340 e. The maximum absolute atomic E-state index is 12.4. The average Bonchev–Trinajstić information content (AvgIpc) is 2.57. The van der Waals surface area contributed by atoms with E-state index in [-0.39, 0.29) is 18.2 Å². The molecule has 0 radical (unpaired) electrons. The lowest BCUT2D eigenvalue weighted by Crippen LogP contribution is -2.49. The van der Waals surface area contributed by atoms with Crippen LogP contribution in [-0.2, 0) is 9.59 Å². The minimum Gasteiger partial charge on any atom is -0.340 e. The third kappa shape index (κ3) is 4.85. The summed E-state index contributed by atoms with van der Waals surface area (Å²) >= 11 is 12.2. The smallest absolute Gasteiger partial charge is 0.224 e. The van der Waals surface area contributed by atoms with Crippen molar-refractivity contribution in [2.45, 2.75) is 20.3 Å². The van der Waals surface area contributed by atoms with Crippen molar-refractivity contribution < 1.29 is 9.59 Å². The predicted octanol–water partition coefficient (Wildman–Crippen LogP) is 2.90. The van der Waals surface area contributed by atoms with Crippen LogP contribution in [0.4, 0.5) is 5.69 Å².